The van der Waals surface area contributed by atoms with E-state index in [2.05, 4.69) is 10.3 Å². The molecule has 1 saturated carbocycles. The number of aromatic nitrogens is 1. The molecular weight excluding hydrogens is 341 g/mol. The molecule has 2 aromatic rings. The molecule has 0 amide bonds. The maximum atomic E-state index is 11.6. The molecule has 0 saturated heterocycles. The molecular formula is C15H13Cl2N3O3. The molecule has 6 nitrogen and oxygen atoms in total. The van der Waals surface area contributed by atoms with Crippen LogP contribution in [-0.4, -0.2) is 17.0 Å². The molecule has 0 bridgehead atoms. The molecule has 1 fully saturated rings. The van der Waals surface area contributed by atoms with Gasteiger partial charge in [-0.05, 0) is 31.9 Å². The summed E-state index contributed by atoms with van der Waals surface area (Å²) < 4.78 is 5.18. The number of oxime groups is 1. The first kappa shape index (κ1) is 15.8. The summed E-state index contributed by atoms with van der Waals surface area (Å²) in [6.45, 7) is 1.67. The average Bonchev–Trinajstić information content (AvgIpc) is 3.29. The molecule has 0 unspecified atom stereocenters. The Morgan fingerprint density at radius 3 is 2.65 bits per heavy atom. The summed E-state index contributed by atoms with van der Waals surface area (Å²) in [6, 6.07) is 5.07. The van der Waals surface area contributed by atoms with Gasteiger partial charge < -0.3 is 15.1 Å². The first-order valence-corrected chi connectivity index (χ1v) is 7.70. The number of carbonyl (C=O) groups excluding carboxylic acids is 1. The van der Waals surface area contributed by atoms with Crippen LogP contribution in [0.4, 0.5) is 0 Å². The third-order valence-corrected chi connectivity index (χ3v) is 4.09. The van der Waals surface area contributed by atoms with Gasteiger partial charge in [-0.15, -0.1) is 0 Å². The lowest BCUT2D eigenvalue weighted by Crippen LogP contribution is -2.17. The zero-order chi connectivity index (χ0) is 16.6. The number of halogens is 2. The van der Waals surface area contributed by atoms with Crippen LogP contribution >= 0.6 is 23.2 Å². The Labute approximate surface area is 142 Å². The largest absolute Gasteiger partial charge is 0.380 e. The highest BCUT2D eigenvalue weighted by atomic mass is 35.5. The SMILES string of the molecule is Cc1onc(-c2c(Cl)cccc2Cl)c1C(N)=NOC(=O)C1CC1. The van der Waals surface area contributed by atoms with Crippen LogP contribution < -0.4 is 5.73 Å². The number of carbonyl (C=O) groups is 1. The van der Waals surface area contributed by atoms with E-state index in [1.54, 1.807) is 25.1 Å². The van der Waals surface area contributed by atoms with Gasteiger partial charge in [0, 0.05) is 5.56 Å². The van der Waals surface area contributed by atoms with Crippen LogP contribution in [0.5, 0.6) is 0 Å². The lowest BCUT2D eigenvalue weighted by molar-refractivity contribution is -0.145. The molecule has 0 aliphatic heterocycles. The zero-order valence-corrected chi connectivity index (χ0v) is 13.7. The lowest BCUT2D eigenvalue weighted by Gasteiger charge is -2.06. The second-order valence-electron chi connectivity index (χ2n) is 5.22. The highest BCUT2D eigenvalue weighted by molar-refractivity contribution is 6.39. The predicted molar refractivity (Wildman–Crippen MR) is 86.2 cm³/mol. The number of aryl methyl sites for hydroxylation is 1. The van der Waals surface area contributed by atoms with Gasteiger partial charge in [0.15, 0.2) is 5.84 Å². The fraction of sp³-hybridized carbons (Fsp3) is 0.267. The summed E-state index contributed by atoms with van der Waals surface area (Å²) in [6.07, 6.45) is 1.64. The van der Waals surface area contributed by atoms with Crippen molar-refractivity contribution in [3.05, 3.63) is 39.6 Å². The van der Waals surface area contributed by atoms with Crippen molar-refractivity contribution in [2.24, 2.45) is 16.8 Å². The van der Waals surface area contributed by atoms with E-state index in [0.29, 0.717) is 32.6 Å². The lowest BCUT2D eigenvalue weighted by atomic mass is 10.1. The molecule has 0 radical (unpaired) electrons. The van der Waals surface area contributed by atoms with Crippen molar-refractivity contribution in [3.63, 3.8) is 0 Å². The monoisotopic (exact) mass is 353 g/mol. The molecule has 1 aliphatic rings. The van der Waals surface area contributed by atoms with Crippen LogP contribution in [0.25, 0.3) is 11.3 Å². The number of hydrogen-bond acceptors (Lipinski definition) is 5. The summed E-state index contributed by atoms with van der Waals surface area (Å²) in [4.78, 5) is 16.4. The third kappa shape index (κ3) is 3.18. The Hall–Kier alpha value is -2.05. The van der Waals surface area contributed by atoms with E-state index in [4.69, 9.17) is 38.3 Å². The quantitative estimate of drug-likeness (QED) is 0.393. The van der Waals surface area contributed by atoms with E-state index in [1.165, 1.54) is 0 Å². The van der Waals surface area contributed by atoms with Gasteiger partial charge in [-0.2, -0.15) is 0 Å². The van der Waals surface area contributed by atoms with Crippen molar-refractivity contribution in [3.8, 4) is 11.3 Å². The Balaban J connectivity index is 1.98. The maximum absolute atomic E-state index is 11.6. The predicted octanol–water partition coefficient (Wildman–Crippen LogP) is 3.53. The van der Waals surface area contributed by atoms with Gasteiger partial charge in [0.1, 0.15) is 11.5 Å². The fourth-order valence-electron chi connectivity index (χ4n) is 2.10. The molecule has 120 valence electrons. The zero-order valence-electron chi connectivity index (χ0n) is 12.2. The van der Waals surface area contributed by atoms with E-state index in [9.17, 15) is 4.79 Å². The van der Waals surface area contributed by atoms with E-state index in [0.717, 1.165) is 12.8 Å². The van der Waals surface area contributed by atoms with E-state index in [1.807, 2.05) is 0 Å². The normalized spacial score (nSPS) is 14.8. The minimum atomic E-state index is -0.389. The molecule has 0 atom stereocenters. The Bertz CT molecular complexity index is 777. The van der Waals surface area contributed by atoms with Crippen molar-refractivity contribution in [2.75, 3.05) is 0 Å². The molecule has 3 rings (SSSR count). The number of hydrogen-bond donors (Lipinski definition) is 1. The summed E-state index contributed by atoms with van der Waals surface area (Å²) >= 11 is 12.4. The molecule has 1 aliphatic carbocycles. The molecule has 1 heterocycles. The second kappa shape index (κ2) is 6.22. The van der Waals surface area contributed by atoms with Gasteiger partial charge in [-0.3, -0.25) is 0 Å². The van der Waals surface area contributed by atoms with Crippen molar-refractivity contribution in [1.29, 1.82) is 0 Å². The molecule has 0 spiro atoms. The highest BCUT2D eigenvalue weighted by Gasteiger charge is 2.32. The van der Waals surface area contributed by atoms with Gasteiger partial charge >= 0.3 is 5.97 Å². The van der Waals surface area contributed by atoms with E-state index >= 15 is 0 Å². The smallest absolute Gasteiger partial charge is 0.338 e. The standard InChI is InChI=1S/C15H13Cl2N3O3/c1-7-11(14(18)20-23-15(21)8-5-6-8)13(19-22-7)12-9(16)3-2-4-10(12)17/h2-4,8H,5-6H2,1H3,(H2,18,20). The topological polar surface area (TPSA) is 90.7 Å². The van der Waals surface area contributed by atoms with Crippen LogP contribution in [0, 0.1) is 12.8 Å². The first-order valence-electron chi connectivity index (χ1n) is 6.94. The summed E-state index contributed by atoms with van der Waals surface area (Å²) in [5, 5.41) is 8.45. The Kier molecular flexibility index (Phi) is 4.28. The Morgan fingerprint density at radius 1 is 1.39 bits per heavy atom. The molecule has 1 aromatic heterocycles. The maximum Gasteiger partial charge on any atom is 0.338 e. The number of benzene rings is 1. The van der Waals surface area contributed by atoms with Gasteiger partial charge in [-0.25, -0.2) is 4.79 Å². The van der Waals surface area contributed by atoms with Crippen molar-refractivity contribution in [2.45, 2.75) is 19.8 Å². The van der Waals surface area contributed by atoms with Crippen LogP contribution in [0.2, 0.25) is 10.0 Å². The van der Waals surface area contributed by atoms with Crippen molar-refractivity contribution >= 4 is 35.0 Å². The number of rotatable bonds is 4. The second-order valence-corrected chi connectivity index (χ2v) is 6.03. The number of amidine groups is 1. The molecule has 23 heavy (non-hydrogen) atoms. The summed E-state index contributed by atoms with van der Waals surface area (Å²) in [7, 11) is 0. The minimum Gasteiger partial charge on any atom is -0.380 e. The van der Waals surface area contributed by atoms with Gasteiger partial charge in [0.05, 0.1) is 21.5 Å². The number of nitrogens with zero attached hydrogens (tertiary/aromatic N) is 2. The summed E-state index contributed by atoms with van der Waals surface area (Å²) in [5.41, 5.74) is 7.16. The molecule has 1 aromatic carbocycles. The van der Waals surface area contributed by atoms with Crippen molar-refractivity contribution in [1.82, 2.24) is 5.16 Å². The van der Waals surface area contributed by atoms with E-state index in [-0.39, 0.29) is 17.7 Å². The van der Waals surface area contributed by atoms with Gasteiger partial charge in [0.2, 0.25) is 0 Å². The average molecular weight is 354 g/mol. The van der Waals surface area contributed by atoms with Crippen LogP contribution in [-0.2, 0) is 9.63 Å². The van der Waals surface area contributed by atoms with Crippen molar-refractivity contribution < 1.29 is 14.2 Å². The number of nitrogens with two attached hydrogens (primary N) is 1. The minimum absolute atomic E-state index is 0.0243. The van der Waals surface area contributed by atoms with E-state index < -0.39 is 0 Å². The third-order valence-electron chi connectivity index (χ3n) is 3.46. The molecule has 8 heteroatoms. The van der Waals surface area contributed by atoms with Crippen LogP contribution in [0.15, 0.2) is 27.9 Å². The fourth-order valence-corrected chi connectivity index (χ4v) is 2.68. The van der Waals surface area contributed by atoms with Crippen LogP contribution in [0.3, 0.4) is 0 Å². The van der Waals surface area contributed by atoms with Gasteiger partial charge in [-0.1, -0.05) is 39.6 Å². The Morgan fingerprint density at radius 2 is 2.04 bits per heavy atom. The summed E-state index contributed by atoms with van der Waals surface area (Å²) in [5.74, 6) is -0.0737. The molecule has 2 N–H and O–H groups in total. The van der Waals surface area contributed by atoms with Crippen LogP contribution in [0.1, 0.15) is 24.2 Å². The van der Waals surface area contributed by atoms with Gasteiger partial charge in [0.25, 0.3) is 0 Å². The highest BCUT2D eigenvalue weighted by Crippen LogP contribution is 2.36. The first-order chi connectivity index (χ1) is 11.0.